The van der Waals surface area contributed by atoms with Crippen molar-refractivity contribution in [3.8, 4) is 21.8 Å². The number of fused-ring (bicyclic) bond motifs is 1. The zero-order valence-corrected chi connectivity index (χ0v) is 40.4. The summed E-state index contributed by atoms with van der Waals surface area (Å²) in [5.41, 5.74) is 1.48. The summed E-state index contributed by atoms with van der Waals surface area (Å²) in [5.74, 6) is -1.13. The summed E-state index contributed by atoms with van der Waals surface area (Å²) in [7, 11) is -1.48. The molecular formula is C49H58F3N5O6SSi. The Kier molecular flexibility index (Phi) is 14.5. The summed E-state index contributed by atoms with van der Waals surface area (Å²) in [4.78, 5) is 34.0. The van der Waals surface area contributed by atoms with Crippen LogP contribution in [0.5, 0.6) is 0 Å². The van der Waals surface area contributed by atoms with E-state index in [4.69, 9.17) is 13.9 Å². The van der Waals surface area contributed by atoms with E-state index in [2.05, 4.69) is 78.5 Å². The third kappa shape index (κ3) is 11.3. The average Bonchev–Trinajstić information content (AvgIpc) is 3.81. The highest BCUT2D eigenvalue weighted by Crippen LogP contribution is 2.44. The second-order valence-corrected chi connectivity index (χ2v) is 24.2. The highest BCUT2D eigenvalue weighted by molar-refractivity contribution is 7.09. The predicted octanol–water partition coefficient (Wildman–Crippen LogP) is 10.2. The fourth-order valence-electron chi connectivity index (χ4n) is 8.32. The Labute approximate surface area is 383 Å². The fourth-order valence-corrected chi connectivity index (χ4v) is 13.8. The van der Waals surface area contributed by atoms with Crippen LogP contribution in [0, 0.1) is 5.41 Å². The number of carbonyl (C=O) groups is 2. The molecule has 0 aliphatic rings. The van der Waals surface area contributed by atoms with Crippen molar-refractivity contribution in [3.05, 3.63) is 114 Å². The van der Waals surface area contributed by atoms with Crippen molar-refractivity contribution >= 4 is 53.2 Å². The fraction of sp³-hybridized carbons (Fsp3) is 0.408. The van der Waals surface area contributed by atoms with Crippen molar-refractivity contribution in [1.82, 2.24) is 24.2 Å². The number of aliphatic carboxylic acids is 1. The van der Waals surface area contributed by atoms with Crippen LogP contribution in [0.1, 0.15) is 85.5 Å². The zero-order chi connectivity index (χ0) is 47.5. The minimum atomic E-state index is -4.59. The van der Waals surface area contributed by atoms with Crippen molar-refractivity contribution in [2.75, 3.05) is 13.7 Å². The Morgan fingerprint density at radius 1 is 0.892 bits per heavy atom. The first-order chi connectivity index (χ1) is 30.4. The SMILES string of the molecule is COC(C)c1ncccc1-c1c(CC(C)(C)CO[Si](c2ccccc2)(c2ccccc2)C(C)(C)C)c2cc(-c3nc(CC(NC(=O)OC(C)(C)C)C(=O)O)ns3)ccc2n1CC(F)(F)F. The number of alkyl halides is 3. The Morgan fingerprint density at radius 2 is 1.52 bits per heavy atom. The molecule has 2 atom stereocenters. The molecule has 0 radical (unpaired) electrons. The van der Waals surface area contributed by atoms with Gasteiger partial charge in [-0.15, -0.1) is 0 Å². The summed E-state index contributed by atoms with van der Waals surface area (Å²) in [5, 5.41) is 15.2. The zero-order valence-electron chi connectivity index (χ0n) is 38.5. The van der Waals surface area contributed by atoms with E-state index in [9.17, 15) is 27.9 Å². The molecule has 6 rings (SSSR count). The number of hydrogen-bond donors (Lipinski definition) is 2. The molecule has 16 heteroatoms. The Balaban J connectivity index is 1.50. The van der Waals surface area contributed by atoms with Crippen LogP contribution in [0.2, 0.25) is 5.04 Å². The number of amides is 1. The number of rotatable bonds is 16. The number of hydrogen-bond acceptors (Lipinski definition) is 9. The Hall–Kier alpha value is -5.42. The number of methoxy groups -OCH3 is 1. The predicted molar refractivity (Wildman–Crippen MR) is 251 cm³/mol. The lowest BCUT2D eigenvalue weighted by atomic mass is 9.84. The second-order valence-electron chi connectivity index (χ2n) is 19.1. The van der Waals surface area contributed by atoms with Crippen molar-refractivity contribution in [2.24, 2.45) is 5.41 Å². The topological polar surface area (TPSA) is 138 Å². The van der Waals surface area contributed by atoms with Gasteiger partial charge in [0.25, 0.3) is 8.32 Å². The molecule has 0 fully saturated rings. The smallest absolute Gasteiger partial charge is 0.408 e. The largest absolute Gasteiger partial charge is 0.480 e. The van der Waals surface area contributed by atoms with Crippen molar-refractivity contribution in [1.29, 1.82) is 0 Å². The van der Waals surface area contributed by atoms with Crippen LogP contribution in [0.4, 0.5) is 18.0 Å². The molecule has 346 valence electrons. The van der Waals surface area contributed by atoms with Crippen molar-refractivity contribution in [3.63, 3.8) is 0 Å². The molecule has 11 nitrogen and oxygen atoms in total. The number of benzene rings is 3. The molecule has 0 spiro atoms. The van der Waals surface area contributed by atoms with E-state index < -0.39 is 56.3 Å². The highest BCUT2D eigenvalue weighted by Gasteiger charge is 2.51. The molecule has 0 aliphatic heterocycles. The lowest BCUT2D eigenvalue weighted by molar-refractivity contribution is -0.140. The van der Waals surface area contributed by atoms with Gasteiger partial charge in [-0.25, -0.2) is 14.6 Å². The molecular weight excluding hydrogens is 872 g/mol. The summed E-state index contributed by atoms with van der Waals surface area (Å²) in [6.45, 7) is 16.6. The van der Waals surface area contributed by atoms with Gasteiger partial charge >= 0.3 is 18.2 Å². The lowest BCUT2D eigenvalue weighted by Gasteiger charge is -2.44. The lowest BCUT2D eigenvalue weighted by Crippen LogP contribution is -2.67. The molecule has 0 bridgehead atoms. The number of halogens is 3. The van der Waals surface area contributed by atoms with Gasteiger partial charge in [0.15, 0.2) is 0 Å². The maximum absolute atomic E-state index is 14.8. The molecule has 3 aromatic heterocycles. The molecule has 0 aliphatic carbocycles. The number of ether oxygens (including phenoxy) is 2. The second kappa shape index (κ2) is 19.2. The van der Waals surface area contributed by atoms with Gasteiger partial charge in [-0.3, -0.25) is 4.98 Å². The maximum Gasteiger partial charge on any atom is 0.408 e. The molecule has 3 heterocycles. The van der Waals surface area contributed by atoms with E-state index in [1.165, 1.54) is 11.7 Å². The van der Waals surface area contributed by atoms with Gasteiger partial charge < -0.3 is 28.9 Å². The van der Waals surface area contributed by atoms with Crippen LogP contribution < -0.4 is 15.7 Å². The van der Waals surface area contributed by atoms with Crippen LogP contribution >= 0.6 is 11.5 Å². The van der Waals surface area contributed by atoms with E-state index in [-0.39, 0.29) is 23.9 Å². The monoisotopic (exact) mass is 929 g/mol. The maximum atomic E-state index is 14.8. The molecule has 1 amide bonds. The first-order valence-electron chi connectivity index (χ1n) is 21.4. The molecule has 3 aromatic carbocycles. The van der Waals surface area contributed by atoms with E-state index in [1.807, 2.05) is 49.4 Å². The molecule has 6 aromatic rings. The van der Waals surface area contributed by atoms with Crippen molar-refractivity contribution < 1.29 is 41.8 Å². The average molecular weight is 930 g/mol. The van der Waals surface area contributed by atoms with Gasteiger partial charge in [-0.2, -0.15) is 17.5 Å². The summed E-state index contributed by atoms with van der Waals surface area (Å²) in [6.07, 6.45) is -4.34. The molecule has 0 saturated heterocycles. The summed E-state index contributed by atoms with van der Waals surface area (Å²) < 4.78 is 68.6. The number of aromatic nitrogens is 4. The molecule has 65 heavy (non-hydrogen) atoms. The van der Waals surface area contributed by atoms with Gasteiger partial charge in [0, 0.05) is 48.4 Å². The summed E-state index contributed by atoms with van der Waals surface area (Å²) >= 11 is 1.02. The number of alkyl carbamates (subject to hydrolysis) is 1. The van der Waals surface area contributed by atoms with Crippen LogP contribution in [-0.4, -0.2) is 75.9 Å². The number of pyridine rings is 1. The van der Waals surface area contributed by atoms with E-state index in [1.54, 1.807) is 51.2 Å². The standard InChI is InChI=1S/C49H58F3N5O6SSi/c1-31(61-10)41-35(22-17-25-53-41)42-37(28-48(8,9)30-62-65(47(5,6)7,33-18-13-11-14-19-33)34-20-15-12-16-21-34)36-26-32(23-24-39(36)57(42)29-49(50,51)52)43-55-40(56-64-43)27-38(44(58)59)54-45(60)63-46(2,3)4/h11-26,31,38H,27-30H2,1-10H3,(H,54,60)(H,58,59). The molecule has 2 unspecified atom stereocenters. The van der Waals surface area contributed by atoms with Gasteiger partial charge in [-0.1, -0.05) is 95.3 Å². The number of carboxylic acids is 1. The minimum Gasteiger partial charge on any atom is -0.480 e. The van der Waals surface area contributed by atoms with E-state index >= 15 is 0 Å². The minimum absolute atomic E-state index is 0.166. The van der Waals surface area contributed by atoms with E-state index in [0.29, 0.717) is 50.4 Å². The summed E-state index contributed by atoms with van der Waals surface area (Å²) in [6, 6.07) is 27.9. The normalized spacial score (nSPS) is 13.7. The van der Waals surface area contributed by atoms with Gasteiger partial charge in [0.1, 0.15) is 29.0 Å². The number of carbonyl (C=O) groups excluding carboxylic acids is 1. The Bertz CT molecular complexity index is 2570. The number of carboxylic acid groups (broad SMARTS) is 1. The number of nitrogens with zero attached hydrogens (tertiary/aromatic N) is 4. The van der Waals surface area contributed by atoms with E-state index in [0.717, 1.165) is 21.9 Å². The Morgan fingerprint density at radius 3 is 2.08 bits per heavy atom. The third-order valence-corrected chi connectivity index (χ3v) is 17.0. The van der Waals surface area contributed by atoms with Crippen LogP contribution in [0.25, 0.3) is 32.7 Å². The van der Waals surface area contributed by atoms with Gasteiger partial charge in [-0.05, 0) is 102 Å². The highest BCUT2D eigenvalue weighted by atomic mass is 32.1. The molecule has 0 saturated carbocycles. The van der Waals surface area contributed by atoms with Crippen molar-refractivity contribution in [2.45, 2.75) is 111 Å². The third-order valence-electron chi connectivity index (χ3n) is 11.2. The number of nitrogens with one attached hydrogen (secondary N) is 1. The van der Waals surface area contributed by atoms with Gasteiger partial charge in [0.05, 0.1) is 17.5 Å². The first kappa shape index (κ1) is 49.0. The first-order valence-corrected chi connectivity index (χ1v) is 24.1. The quantitative estimate of drug-likeness (QED) is 0.0909. The van der Waals surface area contributed by atoms with Gasteiger partial charge in [0.2, 0.25) is 0 Å². The van der Waals surface area contributed by atoms with Crippen LogP contribution in [0.15, 0.2) is 97.2 Å². The van der Waals surface area contributed by atoms with Crippen LogP contribution in [-0.2, 0) is 38.1 Å². The molecule has 2 N–H and O–H groups in total. The van der Waals surface area contributed by atoms with Crippen LogP contribution in [0.3, 0.4) is 0 Å².